The average Bonchev–Trinajstić information content (AvgIpc) is 3.16. The molecule has 0 spiro atoms. The molecule has 1 aliphatic rings. The molecule has 0 bridgehead atoms. The van der Waals surface area contributed by atoms with Crippen LogP contribution >= 0.6 is 22.9 Å². The Bertz CT molecular complexity index is 706. The first-order chi connectivity index (χ1) is 9.54. The van der Waals surface area contributed by atoms with Gasteiger partial charge in [-0.3, -0.25) is 0 Å². The van der Waals surface area contributed by atoms with E-state index in [-0.39, 0.29) is 11.4 Å². The summed E-state index contributed by atoms with van der Waals surface area (Å²) in [6, 6.07) is 6.09. The van der Waals surface area contributed by atoms with Gasteiger partial charge in [0.25, 0.3) is 0 Å². The van der Waals surface area contributed by atoms with Gasteiger partial charge in [-0.15, -0.1) is 11.3 Å². The van der Waals surface area contributed by atoms with Crippen LogP contribution in [0.1, 0.15) is 29.5 Å². The minimum atomic E-state index is -3.51. The molecule has 1 saturated carbocycles. The minimum Gasteiger partial charge on any atom is -0.245 e. The second-order valence-corrected chi connectivity index (χ2v) is 7.82. The highest BCUT2D eigenvalue weighted by Gasteiger charge is 2.26. The van der Waals surface area contributed by atoms with Crippen LogP contribution in [-0.4, -0.2) is 13.4 Å². The summed E-state index contributed by atoms with van der Waals surface area (Å²) >= 11 is 7.35. The van der Waals surface area contributed by atoms with Crippen molar-refractivity contribution in [1.29, 1.82) is 0 Å². The summed E-state index contributed by atoms with van der Waals surface area (Å²) in [5.74, 6) is 0.599. The number of nitrogens with one attached hydrogen (secondary N) is 1. The molecular weight excluding hydrogens is 316 g/mol. The Morgan fingerprint density at radius 1 is 1.30 bits per heavy atom. The Kier molecular flexibility index (Phi) is 3.81. The van der Waals surface area contributed by atoms with Gasteiger partial charge < -0.3 is 0 Å². The number of aromatic nitrogens is 1. The molecule has 0 aliphatic heterocycles. The molecule has 2 aromatic rings. The Balaban J connectivity index is 1.68. The number of thiazole rings is 1. The largest absolute Gasteiger partial charge is 0.245 e. The van der Waals surface area contributed by atoms with Crippen molar-refractivity contribution in [1.82, 2.24) is 9.71 Å². The number of nitrogens with zero attached hydrogens (tertiary/aromatic N) is 1. The molecule has 4 nitrogen and oxygen atoms in total. The fourth-order valence-corrected chi connectivity index (χ4v) is 3.90. The van der Waals surface area contributed by atoms with Gasteiger partial charge in [0.15, 0.2) is 0 Å². The van der Waals surface area contributed by atoms with Gasteiger partial charge in [-0.1, -0.05) is 11.6 Å². The summed E-state index contributed by atoms with van der Waals surface area (Å²) in [6.45, 7) is 0.216. The predicted octanol–water partition coefficient (Wildman–Crippen LogP) is 3.15. The van der Waals surface area contributed by atoms with Crippen molar-refractivity contribution in [2.75, 3.05) is 0 Å². The fourth-order valence-electron chi connectivity index (χ4n) is 1.79. The van der Waals surface area contributed by atoms with Gasteiger partial charge in [-0.05, 0) is 37.1 Å². The lowest BCUT2D eigenvalue weighted by Crippen LogP contribution is -2.23. The van der Waals surface area contributed by atoms with Crippen LogP contribution in [-0.2, 0) is 16.6 Å². The number of halogens is 1. The molecule has 20 heavy (non-hydrogen) atoms. The maximum absolute atomic E-state index is 12.1. The molecule has 1 heterocycles. The maximum atomic E-state index is 12.1. The Morgan fingerprint density at radius 2 is 2.00 bits per heavy atom. The zero-order chi connectivity index (χ0) is 14.2. The number of benzene rings is 1. The number of hydrogen-bond acceptors (Lipinski definition) is 4. The first-order valence-electron chi connectivity index (χ1n) is 6.24. The topological polar surface area (TPSA) is 59.1 Å². The molecule has 0 saturated heterocycles. The summed E-state index contributed by atoms with van der Waals surface area (Å²) in [5.41, 5.74) is 0.773. The third-order valence-electron chi connectivity index (χ3n) is 3.06. The molecule has 1 aliphatic carbocycles. The van der Waals surface area contributed by atoms with Crippen molar-refractivity contribution >= 4 is 33.0 Å². The van der Waals surface area contributed by atoms with Gasteiger partial charge >= 0.3 is 0 Å². The van der Waals surface area contributed by atoms with E-state index in [0.717, 1.165) is 10.7 Å². The molecule has 1 aromatic carbocycles. The van der Waals surface area contributed by atoms with Crippen LogP contribution in [0.4, 0.5) is 0 Å². The molecule has 1 N–H and O–H groups in total. The molecule has 0 atom stereocenters. The maximum Gasteiger partial charge on any atom is 0.240 e. The first-order valence-corrected chi connectivity index (χ1v) is 8.98. The van der Waals surface area contributed by atoms with E-state index in [4.69, 9.17) is 11.6 Å². The van der Waals surface area contributed by atoms with Crippen molar-refractivity contribution in [2.24, 2.45) is 0 Å². The molecular formula is C13H13ClN2O2S2. The molecule has 0 amide bonds. The van der Waals surface area contributed by atoms with Crippen LogP contribution in [0.25, 0.3) is 0 Å². The summed E-state index contributed by atoms with van der Waals surface area (Å²) in [4.78, 5) is 4.66. The third-order valence-corrected chi connectivity index (χ3v) is 5.79. The lowest BCUT2D eigenvalue weighted by molar-refractivity contribution is 0.580. The molecule has 0 radical (unpaired) electrons. The second-order valence-electron chi connectivity index (χ2n) is 4.73. The summed E-state index contributed by atoms with van der Waals surface area (Å²) < 4.78 is 26.7. The van der Waals surface area contributed by atoms with Gasteiger partial charge in [0.2, 0.25) is 10.0 Å². The minimum absolute atomic E-state index is 0.208. The Labute approximate surface area is 126 Å². The van der Waals surface area contributed by atoms with Gasteiger partial charge in [0.1, 0.15) is 0 Å². The van der Waals surface area contributed by atoms with Crippen molar-refractivity contribution in [3.05, 3.63) is 45.4 Å². The van der Waals surface area contributed by atoms with E-state index in [1.54, 1.807) is 23.5 Å². The van der Waals surface area contributed by atoms with Crippen LogP contribution < -0.4 is 4.72 Å². The number of hydrogen-bond donors (Lipinski definition) is 1. The highest BCUT2D eigenvalue weighted by molar-refractivity contribution is 7.89. The van der Waals surface area contributed by atoms with Crippen LogP contribution in [0.2, 0.25) is 5.02 Å². The van der Waals surface area contributed by atoms with Crippen LogP contribution in [0.5, 0.6) is 0 Å². The van der Waals surface area contributed by atoms with Gasteiger partial charge in [0.05, 0.1) is 22.1 Å². The highest BCUT2D eigenvalue weighted by Crippen LogP contribution is 2.41. The van der Waals surface area contributed by atoms with E-state index in [9.17, 15) is 8.42 Å². The highest BCUT2D eigenvalue weighted by atomic mass is 35.5. The monoisotopic (exact) mass is 328 g/mol. The van der Waals surface area contributed by atoms with Crippen molar-refractivity contribution < 1.29 is 8.42 Å². The molecule has 106 valence electrons. The summed E-state index contributed by atoms with van der Waals surface area (Å²) in [5, 5.41) is 3.54. The number of sulfonamides is 1. The molecule has 1 fully saturated rings. The standard InChI is InChI=1S/C13H13ClN2O2S2/c14-10-3-5-12(6-4-10)20(17,18)15-7-11-8-19-13(16-11)9-1-2-9/h3-6,8-9,15H,1-2,7H2. The third kappa shape index (κ3) is 3.20. The quantitative estimate of drug-likeness (QED) is 0.917. The zero-order valence-corrected chi connectivity index (χ0v) is 12.9. The van der Waals surface area contributed by atoms with Crippen LogP contribution in [0.15, 0.2) is 34.5 Å². The Hall–Kier alpha value is -0.950. The van der Waals surface area contributed by atoms with E-state index < -0.39 is 10.0 Å². The first kappa shape index (κ1) is 14.0. The van der Waals surface area contributed by atoms with Gasteiger partial charge in [-0.25, -0.2) is 18.1 Å². The number of rotatable bonds is 5. The van der Waals surface area contributed by atoms with Crippen molar-refractivity contribution in [3.8, 4) is 0 Å². The molecule has 7 heteroatoms. The van der Waals surface area contributed by atoms with Crippen LogP contribution in [0.3, 0.4) is 0 Å². The average molecular weight is 329 g/mol. The summed E-state index contributed by atoms with van der Waals surface area (Å²) in [7, 11) is -3.51. The van der Waals surface area contributed by atoms with E-state index in [1.807, 2.05) is 5.38 Å². The van der Waals surface area contributed by atoms with E-state index >= 15 is 0 Å². The van der Waals surface area contributed by atoms with E-state index in [1.165, 1.54) is 25.0 Å². The van der Waals surface area contributed by atoms with Gasteiger partial charge in [-0.2, -0.15) is 0 Å². The zero-order valence-electron chi connectivity index (χ0n) is 10.5. The smallest absolute Gasteiger partial charge is 0.240 e. The Morgan fingerprint density at radius 3 is 2.65 bits per heavy atom. The second kappa shape index (κ2) is 5.44. The lowest BCUT2D eigenvalue weighted by atomic mass is 10.4. The fraction of sp³-hybridized carbons (Fsp3) is 0.308. The molecule has 3 rings (SSSR count). The van der Waals surface area contributed by atoms with Crippen LogP contribution in [0, 0.1) is 0 Å². The van der Waals surface area contributed by atoms with E-state index in [2.05, 4.69) is 9.71 Å². The van der Waals surface area contributed by atoms with Gasteiger partial charge in [0, 0.05) is 16.3 Å². The van der Waals surface area contributed by atoms with E-state index in [0.29, 0.717) is 10.9 Å². The van der Waals surface area contributed by atoms with Crippen molar-refractivity contribution in [3.63, 3.8) is 0 Å². The lowest BCUT2D eigenvalue weighted by Gasteiger charge is -2.05. The summed E-state index contributed by atoms with van der Waals surface area (Å²) in [6.07, 6.45) is 2.40. The molecule has 1 aromatic heterocycles. The van der Waals surface area contributed by atoms with Crippen molar-refractivity contribution in [2.45, 2.75) is 30.2 Å². The SMILES string of the molecule is O=S(=O)(NCc1csc(C2CC2)n1)c1ccc(Cl)cc1. The predicted molar refractivity (Wildman–Crippen MR) is 79.6 cm³/mol. The molecule has 0 unspecified atom stereocenters. The normalized spacial score (nSPS) is 15.4.